The van der Waals surface area contributed by atoms with Crippen LogP contribution in [-0.2, 0) is 16.0 Å². The Balaban J connectivity index is 1.56. The van der Waals surface area contributed by atoms with Gasteiger partial charge in [-0.05, 0) is 43.2 Å². The molecule has 0 aliphatic rings. The lowest BCUT2D eigenvalue weighted by atomic mass is 10.1. The number of benzene rings is 2. The molecule has 33 heavy (non-hydrogen) atoms. The lowest BCUT2D eigenvalue weighted by Crippen LogP contribution is -2.43. The number of aryl methyl sites for hydroxylation is 1. The highest BCUT2D eigenvalue weighted by Gasteiger charge is 2.21. The zero-order valence-electron chi connectivity index (χ0n) is 18.5. The lowest BCUT2D eigenvalue weighted by molar-refractivity contribution is -0.141. The van der Waals surface area contributed by atoms with E-state index in [1.807, 2.05) is 44.2 Å². The van der Waals surface area contributed by atoms with Gasteiger partial charge in [0, 0.05) is 37.0 Å². The number of nitrogens with zero attached hydrogens (tertiary/aromatic N) is 1. The summed E-state index contributed by atoms with van der Waals surface area (Å²) in [6, 6.07) is 12.0. The Hall–Kier alpha value is -4.14. The van der Waals surface area contributed by atoms with Crippen molar-refractivity contribution in [2.24, 2.45) is 0 Å². The third kappa shape index (κ3) is 6.42. The smallest absolute Gasteiger partial charge is 0.326 e. The summed E-state index contributed by atoms with van der Waals surface area (Å²) in [4.78, 5) is 43.0. The molecule has 1 aromatic heterocycles. The zero-order chi connectivity index (χ0) is 23.8. The fraction of sp³-hybridized carbons (Fsp3) is 0.250. The summed E-state index contributed by atoms with van der Waals surface area (Å²) in [6.45, 7) is 4.10. The fourth-order valence-electron chi connectivity index (χ4n) is 3.29. The molecule has 1 heterocycles. The van der Waals surface area contributed by atoms with Crippen molar-refractivity contribution in [1.82, 2.24) is 20.6 Å². The third-order valence-electron chi connectivity index (χ3n) is 5.30. The maximum atomic E-state index is 12.7. The Kier molecular flexibility index (Phi) is 7.80. The number of hydrogen-bond donors (Lipinski definition) is 5. The van der Waals surface area contributed by atoms with Crippen LogP contribution in [0.15, 0.2) is 55.0 Å². The van der Waals surface area contributed by atoms with Crippen LogP contribution in [0.5, 0.6) is 0 Å². The van der Waals surface area contributed by atoms with E-state index in [1.165, 1.54) is 12.5 Å². The van der Waals surface area contributed by atoms with Crippen molar-refractivity contribution in [3.05, 3.63) is 77.4 Å². The molecule has 172 valence electrons. The highest BCUT2D eigenvalue weighted by molar-refractivity contribution is 6.00. The standard InChI is InChI=1S/C24H27N5O4/c1-15-6-5-9-19(16(15)2)28-20-8-4-3-7-18(20)23(31)26-11-10-22(30)29-21(24(32)33)12-17-13-25-14-27-17/h3-9,13-14,21,28H,10-12H2,1-2H3,(H,25,27)(H,26,31)(H,29,30)(H,32,33)/t21-/m0/s1. The van der Waals surface area contributed by atoms with Gasteiger partial charge in [-0.25, -0.2) is 9.78 Å². The van der Waals surface area contributed by atoms with Crippen molar-refractivity contribution in [2.75, 3.05) is 11.9 Å². The highest BCUT2D eigenvalue weighted by Crippen LogP contribution is 2.25. The van der Waals surface area contributed by atoms with Gasteiger partial charge in [-0.3, -0.25) is 9.59 Å². The number of H-pyrrole nitrogens is 1. The molecule has 3 rings (SSSR count). The molecule has 0 spiro atoms. The summed E-state index contributed by atoms with van der Waals surface area (Å²) >= 11 is 0. The van der Waals surface area contributed by atoms with E-state index in [2.05, 4.69) is 25.9 Å². The number of carbonyl (C=O) groups excluding carboxylic acids is 2. The first kappa shape index (κ1) is 23.5. The molecule has 0 unspecified atom stereocenters. The SMILES string of the molecule is Cc1cccc(Nc2ccccc2C(=O)NCCC(=O)N[C@@H](Cc2cnc[nH]2)C(=O)O)c1C. The van der Waals surface area contributed by atoms with Gasteiger partial charge in [-0.15, -0.1) is 0 Å². The van der Waals surface area contributed by atoms with Gasteiger partial charge in [0.05, 0.1) is 17.6 Å². The number of carboxylic acid groups (broad SMARTS) is 1. The van der Waals surface area contributed by atoms with E-state index in [0.29, 0.717) is 16.9 Å². The van der Waals surface area contributed by atoms with Crippen LogP contribution in [0.25, 0.3) is 0 Å². The van der Waals surface area contributed by atoms with E-state index in [0.717, 1.165) is 16.8 Å². The second kappa shape index (κ2) is 10.9. The molecule has 2 aromatic carbocycles. The predicted octanol–water partition coefficient (Wildman–Crippen LogP) is 2.70. The summed E-state index contributed by atoms with van der Waals surface area (Å²) < 4.78 is 0. The first-order valence-corrected chi connectivity index (χ1v) is 10.5. The van der Waals surface area contributed by atoms with Gasteiger partial charge in [0.2, 0.25) is 5.91 Å². The predicted molar refractivity (Wildman–Crippen MR) is 124 cm³/mol. The summed E-state index contributed by atoms with van der Waals surface area (Å²) in [5, 5.41) is 17.9. The molecule has 0 aliphatic heterocycles. The largest absolute Gasteiger partial charge is 0.480 e. The van der Waals surface area contributed by atoms with Crippen molar-refractivity contribution < 1.29 is 19.5 Å². The van der Waals surface area contributed by atoms with Crippen molar-refractivity contribution in [1.29, 1.82) is 0 Å². The number of aliphatic carboxylic acids is 1. The molecule has 0 radical (unpaired) electrons. The van der Waals surface area contributed by atoms with Gasteiger partial charge in [0.1, 0.15) is 6.04 Å². The molecule has 0 fully saturated rings. The van der Waals surface area contributed by atoms with Gasteiger partial charge in [0.15, 0.2) is 0 Å². The molecule has 3 aromatic rings. The number of para-hydroxylation sites is 1. The van der Waals surface area contributed by atoms with Crippen LogP contribution in [0.1, 0.15) is 33.6 Å². The van der Waals surface area contributed by atoms with Crippen LogP contribution in [0, 0.1) is 13.8 Å². The molecule has 5 N–H and O–H groups in total. The second-order valence-corrected chi connectivity index (χ2v) is 7.66. The fourth-order valence-corrected chi connectivity index (χ4v) is 3.29. The summed E-state index contributed by atoms with van der Waals surface area (Å²) in [7, 11) is 0. The van der Waals surface area contributed by atoms with Crippen molar-refractivity contribution in [3.8, 4) is 0 Å². The van der Waals surface area contributed by atoms with E-state index in [9.17, 15) is 19.5 Å². The first-order chi connectivity index (χ1) is 15.8. The summed E-state index contributed by atoms with van der Waals surface area (Å²) in [5.74, 6) is -1.94. The number of imidazole rings is 1. The minimum absolute atomic E-state index is 0.0505. The molecule has 0 saturated heterocycles. The molecule has 1 atom stereocenters. The van der Waals surface area contributed by atoms with Crippen molar-refractivity contribution in [3.63, 3.8) is 0 Å². The molecular formula is C24H27N5O4. The minimum Gasteiger partial charge on any atom is -0.480 e. The van der Waals surface area contributed by atoms with Gasteiger partial charge >= 0.3 is 5.97 Å². The van der Waals surface area contributed by atoms with Gasteiger partial charge < -0.3 is 26.0 Å². The minimum atomic E-state index is -1.14. The van der Waals surface area contributed by atoms with E-state index >= 15 is 0 Å². The molecule has 0 aliphatic carbocycles. The van der Waals surface area contributed by atoms with Gasteiger partial charge in [0.25, 0.3) is 5.91 Å². The molecule has 2 amide bonds. The second-order valence-electron chi connectivity index (χ2n) is 7.66. The average molecular weight is 450 g/mol. The number of rotatable bonds is 10. The molecular weight excluding hydrogens is 422 g/mol. The topological polar surface area (TPSA) is 136 Å². The average Bonchev–Trinajstić information content (AvgIpc) is 3.30. The van der Waals surface area contributed by atoms with E-state index in [1.54, 1.807) is 12.1 Å². The Bertz CT molecular complexity index is 1130. The maximum absolute atomic E-state index is 12.7. The highest BCUT2D eigenvalue weighted by atomic mass is 16.4. The number of nitrogens with one attached hydrogen (secondary N) is 4. The van der Waals surface area contributed by atoms with Crippen LogP contribution in [-0.4, -0.2) is 45.4 Å². The number of amides is 2. The summed E-state index contributed by atoms with van der Waals surface area (Å²) in [6.07, 6.45) is 2.99. The number of anilines is 2. The van der Waals surface area contributed by atoms with Gasteiger partial charge in [-0.1, -0.05) is 24.3 Å². The molecule has 0 saturated carbocycles. The van der Waals surface area contributed by atoms with Crippen LogP contribution < -0.4 is 16.0 Å². The Morgan fingerprint density at radius 2 is 1.82 bits per heavy atom. The number of aromatic nitrogens is 2. The number of aromatic amines is 1. The monoisotopic (exact) mass is 449 g/mol. The van der Waals surface area contributed by atoms with Crippen LogP contribution >= 0.6 is 0 Å². The van der Waals surface area contributed by atoms with Crippen molar-refractivity contribution in [2.45, 2.75) is 32.7 Å². The zero-order valence-corrected chi connectivity index (χ0v) is 18.5. The van der Waals surface area contributed by atoms with Crippen LogP contribution in [0.2, 0.25) is 0 Å². The lowest BCUT2D eigenvalue weighted by Gasteiger charge is -2.15. The number of hydrogen-bond acceptors (Lipinski definition) is 5. The quantitative estimate of drug-likeness (QED) is 0.323. The number of carbonyl (C=O) groups is 3. The first-order valence-electron chi connectivity index (χ1n) is 10.5. The van der Waals surface area contributed by atoms with E-state index in [-0.39, 0.29) is 25.3 Å². The Morgan fingerprint density at radius 1 is 1.06 bits per heavy atom. The third-order valence-corrected chi connectivity index (χ3v) is 5.30. The maximum Gasteiger partial charge on any atom is 0.326 e. The number of carboxylic acids is 1. The van der Waals surface area contributed by atoms with Crippen molar-refractivity contribution >= 4 is 29.2 Å². The Labute approximate surface area is 191 Å². The molecule has 0 bridgehead atoms. The molecule has 9 heteroatoms. The van der Waals surface area contributed by atoms with Crippen LogP contribution in [0.4, 0.5) is 11.4 Å². The van der Waals surface area contributed by atoms with E-state index < -0.39 is 17.9 Å². The Morgan fingerprint density at radius 3 is 2.55 bits per heavy atom. The molecule has 9 nitrogen and oxygen atoms in total. The summed E-state index contributed by atoms with van der Waals surface area (Å²) in [5.41, 5.74) is 4.84. The normalized spacial score (nSPS) is 11.5. The van der Waals surface area contributed by atoms with Crippen LogP contribution in [0.3, 0.4) is 0 Å². The van der Waals surface area contributed by atoms with E-state index in [4.69, 9.17) is 0 Å². The van der Waals surface area contributed by atoms with Gasteiger partial charge in [-0.2, -0.15) is 0 Å².